The first-order valence-electron chi connectivity index (χ1n) is 9.52. The summed E-state index contributed by atoms with van der Waals surface area (Å²) in [6, 6.07) is 7.74. The summed E-state index contributed by atoms with van der Waals surface area (Å²) in [6.45, 7) is 5.60. The Hall–Kier alpha value is -3.14. The van der Waals surface area contributed by atoms with Gasteiger partial charge in [-0.05, 0) is 31.0 Å². The van der Waals surface area contributed by atoms with Crippen LogP contribution in [-0.2, 0) is 17.8 Å². The molecule has 1 aromatic heterocycles. The molecule has 0 aliphatic carbocycles. The Kier molecular flexibility index (Phi) is 9.43. The smallest absolute Gasteiger partial charge is 0.306 e. The number of benzene rings is 1. The van der Waals surface area contributed by atoms with Gasteiger partial charge >= 0.3 is 5.69 Å². The molecule has 10 heteroatoms. The number of guanidine groups is 1. The maximum atomic E-state index is 10.7. The lowest BCUT2D eigenvalue weighted by atomic mass is 10.2. The van der Waals surface area contributed by atoms with E-state index in [1.807, 2.05) is 31.2 Å². The van der Waals surface area contributed by atoms with Crippen LogP contribution in [0.4, 0.5) is 5.69 Å². The van der Waals surface area contributed by atoms with Gasteiger partial charge in [0, 0.05) is 26.3 Å². The first kappa shape index (κ1) is 22.2. The van der Waals surface area contributed by atoms with Crippen molar-refractivity contribution in [3.8, 4) is 5.75 Å². The Morgan fingerprint density at radius 1 is 1.28 bits per heavy atom. The van der Waals surface area contributed by atoms with Crippen molar-refractivity contribution in [1.82, 2.24) is 20.4 Å². The molecule has 0 amide bonds. The third kappa shape index (κ3) is 8.18. The van der Waals surface area contributed by atoms with Gasteiger partial charge in [0.1, 0.15) is 18.1 Å². The topological polar surface area (TPSA) is 116 Å². The molecule has 0 radical (unpaired) electrons. The largest absolute Gasteiger partial charge is 0.497 e. The Labute approximate surface area is 170 Å². The van der Waals surface area contributed by atoms with E-state index in [2.05, 4.69) is 20.7 Å². The van der Waals surface area contributed by atoms with Crippen LogP contribution in [0.5, 0.6) is 5.75 Å². The van der Waals surface area contributed by atoms with Gasteiger partial charge in [0.15, 0.2) is 5.96 Å². The molecule has 1 heterocycles. The van der Waals surface area contributed by atoms with Crippen molar-refractivity contribution in [2.45, 2.75) is 26.4 Å². The third-order valence-corrected chi connectivity index (χ3v) is 4.00. The van der Waals surface area contributed by atoms with Gasteiger partial charge in [-0.2, -0.15) is 5.10 Å². The molecule has 158 valence electrons. The van der Waals surface area contributed by atoms with Crippen molar-refractivity contribution in [3.05, 3.63) is 52.3 Å². The number of hydrogen-bond donors (Lipinski definition) is 2. The van der Waals surface area contributed by atoms with E-state index >= 15 is 0 Å². The predicted octanol–water partition coefficient (Wildman–Crippen LogP) is 1.96. The molecular weight excluding hydrogens is 376 g/mol. The van der Waals surface area contributed by atoms with E-state index in [0.717, 1.165) is 24.3 Å². The van der Waals surface area contributed by atoms with E-state index in [4.69, 9.17) is 9.47 Å². The van der Waals surface area contributed by atoms with E-state index in [0.29, 0.717) is 38.8 Å². The van der Waals surface area contributed by atoms with Crippen LogP contribution in [-0.4, -0.2) is 54.1 Å². The highest BCUT2D eigenvalue weighted by molar-refractivity contribution is 5.79. The summed E-state index contributed by atoms with van der Waals surface area (Å²) in [6.07, 6.45) is 3.51. The minimum absolute atomic E-state index is 0.0209. The van der Waals surface area contributed by atoms with Crippen molar-refractivity contribution in [3.63, 3.8) is 0 Å². The fourth-order valence-corrected chi connectivity index (χ4v) is 2.46. The molecule has 0 saturated heterocycles. The molecule has 2 aromatic rings. The SMILES string of the molecule is CCOCCCNC(=NCc1ccc(OC)cc1)NCCn1cc([N+](=O)[O-])cn1. The van der Waals surface area contributed by atoms with E-state index in [9.17, 15) is 10.1 Å². The van der Waals surface area contributed by atoms with Crippen LogP contribution < -0.4 is 15.4 Å². The van der Waals surface area contributed by atoms with Crippen LogP contribution in [0.25, 0.3) is 0 Å². The van der Waals surface area contributed by atoms with Gasteiger partial charge in [0.2, 0.25) is 0 Å². The van der Waals surface area contributed by atoms with Crippen molar-refractivity contribution in [1.29, 1.82) is 0 Å². The third-order valence-electron chi connectivity index (χ3n) is 4.00. The molecule has 2 N–H and O–H groups in total. The second-order valence-electron chi connectivity index (χ2n) is 6.14. The summed E-state index contributed by atoms with van der Waals surface area (Å²) in [7, 11) is 1.63. The summed E-state index contributed by atoms with van der Waals surface area (Å²) in [4.78, 5) is 14.9. The quantitative estimate of drug-likeness (QED) is 0.183. The number of aliphatic imine (C=N–C) groups is 1. The minimum atomic E-state index is -0.460. The normalized spacial score (nSPS) is 11.3. The number of aromatic nitrogens is 2. The van der Waals surface area contributed by atoms with Crippen LogP contribution >= 0.6 is 0 Å². The van der Waals surface area contributed by atoms with Gasteiger partial charge in [0.25, 0.3) is 0 Å². The first-order valence-corrected chi connectivity index (χ1v) is 9.52. The highest BCUT2D eigenvalue weighted by atomic mass is 16.6. The minimum Gasteiger partial charge on any atom is -0.497 e. The fourth-order valence-electron chi connectivity index (χ4n) is 2.46. The number of ether oxygens (including phenoxy) is 2. The molecule has 2 rings (SSSR count). The highest BCUT2D eigenvalue weighted by Crippen LogP contribution is 2.11. The van der Waals surface area contributed by atoms with Crippen LogP contribution in [0.3, 0.4) is 0 Å². The maximum Gasteiger partial charge on any atom is 0.306 e. The lowest BCUT2D eigenvalue weighted by molar-refractivity contribution is -0.385. The van der Waals surface area contributed by atoms with Crippen molar-refractivity contribution >= 4 is 11.6 Å². The summed E-state index contributed by atoms with van der Waals surface area (Å²) in [5, 5.41) is 21.2. The second kappa shape index (κ2) is 12.3. The maximum absolute atomic E-state index is 10.7. The standard InChI is InChI=1S/C19H28N6O4/c1-3-29-12-4-9-20-19(22-13-16-5-7-18(28-2)8-6-16)21-10-11-24-15-17(14-23-24)25(26)27/h5-8,14-15H,3-4,9-13H2,1-2H3,(H2,20,21,22). The van der Waals surface area contributed by atoms with E-state index in [1.165, 1.54) is 17.1 Å². The molecule has 0 aliphatic rings. The van der Waals surface area contributed by atoms with Crippen molar-refractivity contribution in [2.24, 2.45) is 4.99 Å². The number of methoxy groups -OCH3 is 1. The highest BCUT2D eigenvalue weighted by Gasteiger charge is 2.08. The first-order chi connectivity index (χ1) is 14.1. The Morgan fingerprint density at radius 3 is 2.69 bits per heavy atom. The van der Waals surface area contributed by atoms with Gasteiger partial charge in [0.05, 0.1) is 25.1 Å². The Morgan fingerprint density at radius 2 is 2.03 bits per heavy atom. The molecule has 1 aromatic carbocycles. The molecule has 0 saturated carbocycles. The van der Waals surface area contributed by atoms with E-state index in [-0.39, 0.29) is 5.69 Å². The zero-order valence-electron chi connectivity index (χ0n) is 16.8. The number of rotatable bonds is 12. The summed E-state index contributed by atoms with van der Waals surface area (Å²) < 4.78 is 12.0. The lowest BCUT2D eigenvalue weighted by Gasteiger charge is -2.13. The zero-order valence-corrected chi connectivity index (χ0v) is 16.8. The van der Waals surface area contributed by atoms with Gasteiger partial charge in [-0.25, -0.2) is 4.99 Å². The molecule has 0 atom stereocenters. The number of nitrogens with one attached hydrogen (secondary N) is 2. The second-order valence-corrected chi connectivity index (χ2v) is 6.14. The molecule has 0 unspecified atom stereocenters. The molecule has 29 heavy (non-hydrogen) atoms. The molecule has 0 bridgehead atoms. The van der Waals surface area contributed by atoms with Gasteiger partial charge in [-0.15, -0.1) is 0 Å². The number of nitro groups is 1. The summed E-state index contributed by atoms with van der Waals surface area (Å²) >= 11 is 0. The van der Waals surface area contributed by atoms with E-state index < -0.39 is 4.92 Å². The monoisotopic (exact) mass is 404 g/mol. The fraction of sp³-hybridized carbons (Fsp3) is 0.474. The lowest BCUT2D eigenvalue weighted by Crippen LogP contribution is -2.39. The van der Waals surface area contributed by atoms with Gasteiger partial charge in [-0.3, -0.25) is 14.8 Å². The molecule has 0 spiro atoms. The van der Waals surface area contributed by atoms with Crippen LogP contribution in [0, 0.1) is 10.1 Å². The molecular formula is C19H28N6O4. The predicted molar refractivity (Wildman–Crippen MR) is 110 cm³/mol. The van der Waals surface area contributed by atoms with Crippen molar-refractivity contribution in [2.75, 3.05) is 33.4 Å². The van der Waals surface area contributed by atoms with Crippen molar-refractivity contribution < 1.29 is 14.4 Å². The van der Waals surface area contributed by atoms with E-state index in [1.54, 1.807) is 7.11 Å². The van der Waals surface area contributed by atoms with Gasteiger partial charge < -0.3 is 20.1 Å². The van der Waals surface area contributed by atoms with Gasteiger partial charge in [-0.1, -0.05) is 12.1 Å². The van der Waals surface area contributed by atoms with Crippen LogP contribution in [0.2, 0.25) is 0 Å². The molecule has 10 nitrogen and oxygen atoms in total. The average molecular weight is 404 g/mol. The number of nitrogens with zero attached hydrogens (tertiary/aromatic N) is 4. The van der Waals surface area contributed by atoms with Crippen LogP contribution in [0.15, 0.2) is 41.7 Å². The summed E-state index contributed by atoms with van der Waals surface area (Å²) in [5.41, 5.74) is 1.04. The average Bonchev–Trinajstić information content (AvgIpc) is 3.21. The Bertz CT molecular complexity index is 775. The van der Waals surface area contributed by atoms with Crippen LogP contribution in [0.1, 0.15) is 18.9 Å². The summed E-state index contributed by atoms with van der Waals surface area (Å²) in [5.74, 6) is 1.47. The zero-order chi connectivity index (χ0) is 20.9. The molecule has 0 fully saturated rings. The Balaban J connectivity index is 1.88. The number of hydrogen-bond acceptors (Lipinski definition) is 6. The molecule has 0 aliphatic heterocycles.